The van der Waals surface area contributed by atoms with Gasteiger partial charge in [0.1, 0.15) is 19.6 Å². The number of quaternary nitrogens is 1. The second-order valence-electron chi connectivity index (χ2n) is 21.8. The second kappa shape index (κ2) is 46.1. The van der Waals surface area contributed by atoms with Crippen molar-refractivity contribution in [2.24, 2.45) is 0 Å². The van der Waals surface area contributed by atoms with Gasteiger partial charge in [0.15, 0.2) is 11.1 Å². The zero-order valence-corrected chi connectivity index (χ0v) is 67.0. The molecule has 4 aliphatic rings. The third-order valence-electron chi connectivity index (χ3n) is 14.7. The van der Waals surface area contributed by atoms with E-state index >= 15 is 0 Å². The van der Waals surface area contributed by atoms with Crippen LogP contribution in [0.15, 0.2) is 241 Å². The molecule has 98 heavy (non-hydrogen) atoms. The Labute approximate surface area is 649 Å². The minimum Gasteiger partial charge on any atom is -1.00 e. The molecule has 13 rings (SSSR count). The van der Waals surface area contributed by atoms with Gasteiger partial charge in [-0.05, 0) is 114 Å². The number of ether oxygens (including phenoxy) is 2. The van der Waals surface area contributed by atoms with Gasteiger partial charge in [-0.2, -0.15) is 13.2 Å². The first kappa shape index (κ1) is 87.6. The van der Waals surface area contributed by atoms with Crippen molar-refractivity contribution < 1.29 is 54.0 Å². The molecule has 9 aromatic carbocycles. The molecule has 0 saturated carbocycles. The van der Waals surface area contributed by atoms with E-state index in [4.69, 9.17) is 65.5 Å². The van der Waals surface area contributed by atoms with Gasteiger partial charge in [-0.15, -0.1) is 35.6 Å². The van der Waals surface area contributed by atoms with Crippen LogP contribution >= 0.6 is 134 Å². The molecule has 3 atom stereocenters. The Kier molecular flexibility index (Phi) is 41.2. The SMILES string of the molecule is Brc1cccc2c1CN(Cc1ccccc1)C2.Brc1cccc2c1CNC2.CC(Cl)OC(=O)N1Cc2cccc(Br)c2C1.CC(Cl)OC(=O)[N+]1(Cc2ccccc2)Cc2cccc(Br)c2C1.CCl.CO.Cc1ccc(S(=O)(=O)O)cc1.Cl.ClCc1ccccc1.Clc1ccccc1.[Cl-]. The topological polar surface area (TPSA) is 146 Å². The van der Waals surface area contributed by atoms with Crippen LogP contribution in [-0.2, 0) is 90.9 Å². The molecule has 0 fully saturated rings. The fourth-order valence-electron chi connectivity index (χ4n) is 10.2. The number of nitrogens with zero attached hydrogens (tertiary/aromatic N) is 3. The predicted molar refractivity (Wildman–Crippen MR) is 413 cm³/mol. The van der Waals surface area contributed by atoms with E-state index in [-0.39, 0.29) is 46.4 Å². The second-order valence-corrected chi connectivity index (χ2v) is 28.5. The maximum absolute atomic E-state index is 12.8. The van der Waals surface area contributed by atoms with Crippen LogP contribution in [0, 0.1) is 6.92 Å². The molecule has 0 radical (unpaired) electrons. The summed E-state index contributed by atoms with van der Waals surface area (Å²) in [7, 11) is -3.02. The highest BCUT2D eigenvalue weighted by Crippen LogP contribution is 2.38. The lowest BCUT2D eigenvalue weighted by molar-refractivity contribution is -0.890. The molecular weight excluding hydrogens is 1670 g/mol. The van der Waals surface area contributed by atoms with Gasteiger partial charge < -0.3 is 32.3 Å². The summed E-state index contributed by atoms with van der Waals surface area (Å²) in [6.45, 7) is 13.3. The molecule has 12 nitrogen and oxygen atoms in total. The zero-order valence-electron chi connectivity index (χ0n) is 54.5. The van der Waals surface area contributed by atoms with E-state index in [0.29, 0.717) is 38.6 Å². The quantitative estimate of drug-likeness (QED) is 0.0763. The van der Waals surface area contributed by atoms with E-state index in [0.717, 1.165) is 76.1 Å². The summed E-state index contributed by atoms with van der Waals surface area (Å²) >= 11 is 41.4. The molecule has 0 saturated heterocycles. The molecule has 4 aliphatic heterocycles. The fraction of sp³-hybridized carbons (Fsp3) is 0.243. The number of rotatable bonds is 8. The largest absolute Gasteiger partial charge is 1.00 e. The van der Waals surface area contributed by atoms with Crippen molar-refractivity contribution in [3.8, 4) is 0 Å². The van der Waals surface area contributed by atoms with Crippen molar-refractivity contribution in [3.05, 3.63) is 308 Å². The summed E-state index contributed by atoms with van der Waals surface area (Å²) in [5.74, 6) is 0.612. The third-order valence-corrected chi connectivity index (χ3v) is 19.3. The van der Waals surface area contributed by atoms with Gasteiger partial charge in [-0.3, -0.25) is 14.4 Å². The Balaban J connectivity index is 0.000000303. The van der Waals surface area contributed by atoms with Crippen LogP contribution in [0.4, 0.5) is 9.59 Å². The van der Waals surface area contributed by atoms with Crippen molar-refractivity contribution in [2.45, 2.75) is 108 Å². The number of nitrogens with one attached hydrogen (secondary N) is 1. The number of hydrogen-bond donors (Lipinski definition) is 3. The molecule has 4 heterocycles. The van der Waals surface area contributed by atoms with Gasteiger partial charge in [-0.1, -0.05) is 274 Å². The van der Waals surface area contributed by atoms with E-state index in [1.165, 1.54) is 72.0 Å². The molecule has 526 valence electrons. The number of amides is 2. The van der Waals surface area contributed by atoms with Crippen LogP contribution in [0.25, 0.3) is 0 Å². The van der Waals surface area contributed by atoms with Gasteiger partial charge in [0.05, 0.1) is 11.4 Å². The first-order chi connectivity index (χ1) is 46.1. The van der Waals surface area contributed by atoms with Crippen LogP contribution < -0.4 is 17.7 Å². The Bertz CT molecular complexity index is 3940. The third kappa shape index (κ3) is 29.0. The molecule has 24 heteroatoms. The summed E-state index contributed by atoms with van der Waals surface area (Å²) in [4.78, 5) is 28.5. The van der Waals surface area contributed by atoms with Crippen LogP contribution in [-0.4, -0.2) is 69.2 Å². The Morgan fingerprint density at radius 3 is 1.41 bits per heavy atom. The van der Waals surface area contributed by atoms with Crippen LogP contribution in [0.3, 0.4) is 0 Å². The van der Waals surface area contributed by atoms with Gasteiger partial charge in [0.25, 0.3) is 10.1 Å². The predicted octanol–water partition coefficient (Wildman–Crippen LogP) is 18.6. The maximum Gasteiger partial charge on any atom is 0.518 e. The highest BCUT2D eigenvalue weighted by Gasteiger charge is 2.46. The van der Waals surface area contributed by atoms with E-state index in [1.807, 2.05) is 128 Å². The molecular formula is C74H79Br4Cl7N4O8S. The summed E-state index contributed by atoms with van der Waals surface area (Å²) in [5, 5.41) is 11.1. The lowest BCUT2D eigenvalue weighted by Gasteiger charge is -2.30. The smallest absolute Gasteiger partial charge is 0.518 e. The number of fused-ring (bicyclic) bond motifs is 4. The number of aryl methyl sites for hydroxylation is 1. The minimum absolute atomic E-state index is 0. The normalized spacial score (nSPS) is 14.4. The first-order valence-corrected chi connectivity index (χ1v) is 37.3. The highest BCUT2D eigenvalue weighted by atomic mass is 79.9. The summed E-state index contributed by atoms with van der Waals surface area (Å²) in [6, 6.07) is 70.9. The van der Waals surface area contributed by atoms with E-state index in [2.05, 4.69) is 158 Å². The molecule has 2 amide bonds. The molecule has 3 unspecified atom stereocenters. The van der Waals surface area contributed by atoms with Crippen molar-refractivity contribution in [1.29, 1.82) is 0 Å². The number of halogens is 11. The van der Waals surface area contributed by atoms with Crippen molar-refractivity contribution in [2.75, 3.05) is 13.5 Å². The number of carbonyl (C=O) groups excluding carboxylic acids is 2. The molecule has 9 aromatic rings. The van der Waals surface area contributed by atoms with E-state index in [9.17, 15) is 18.0 Å². The monoisotopic (exact) mass is 1740 g/mol. The number of hydrogen-bond acceptors (Lipinski definition) is 9. The zero-order chi connectivity index (χ0) is 70.2. The Morgan fingerprint density at radius 2 is 0.980 bits per heavy atom. The van der Waals surface area contributed by atoms with Gasteiger partial charge >= 0.3 is 12.2 Å². The number of carbonyl (C=O) groups is 2. The lowest BCUT2D eigenvalue weighted by atomic mass is 10.1. The van der Waals surface area contributed by atoms with Crippen molar-refractivity contribution >= 4 is 156 Å². The van der Waals surface area contributed by atoms with Gasteiger partial charge in [0.2, 0.25) is 0 Å². The number of alkyl halides is 4. The first-order valence-electron chi connectivity index (χ1n) is 30.1. The number of aliphatic hydroxyl groups is 1. The van der Waals surface area contributed by atoms with Crippen molar-refractivity contribution in [1.82, 2.24) is 15.1 Å². The van der Waals surface area contributed by atoms with Gasteiger partial charge in [-0.25, -0.2) is 9.28 Å². The Morgan fingerprint density at radius 1 is 0.541 bits per heavy atom. The lowest BCUT2D eigenvalue weighted by Crippen LogP contribution is -3.00. The number of aliphatic hydroxyl groups excluding tert-OH is 1. The van der Waals surface area contributed by atoms with E-state index in [1.54, 1.807) is 30.9 Å². The Hall–Kier alpha value is -4.58. The molecule has 3 N–H and O–H groups in total. The van der Waals surface area contributed by atoms with Crippen LogP contribution in [0.5, 0.6) is 0 Å². The molecule has 0 aromatic heterocycles. The van der Waals surface area contributed by atoms with Crippen LogP contribution in [0.1, 0.15) is 80.6 Å². The molecule has 0 aliphatic carbocycles. The molecule has 0 bridgehead atoms. The summed E-state index contributed by atoms with van der Waals surface area (Å²) < 4.78 is 44.6. The average Bonchev–Trinajstić information content (AvgIpc) is 1.62. The maximum atomic E-state index is 12.8. The summed E-state index contributed by atoms with van der Waals surface area (Å²) in [5.41, 5.74) is 13.8. The standard InChI is InChI=1S/C18H18BrClNO2.C15H14BrN.C11H11BrClNO2.C8H8BrN.C7H7Cl.C7H8O3S.C6H5Cl.CH3Cl.CH4O.2ClH/c1-13(20)23-18(22)21(10-14-6-3-2-4-7-14)11-15-8-5-9-17(19)16(15)12-21;16-15-8-4-7-13-10-17(11-14(13)15)9-12-5-2-1-3-6-12;1-7(13)16-11(15)14-5-8-3-2-4-10(12)9(8)6-14;9-8-3-1-2-6-4-10-5-7(6)8;8-6-7-4-2-1-3-5-7;1-6-2-4-7(5-3-6)11(8,9)10;7-6-4-2-1-3-5-6;2*1-2;;/h2-9,13H,10-12H2,1H3;1-8H,9-11H2;2-4,7H,5-6H2,1H3;1-3,10H,4-5H2;1-5H,6H2;2-5H,1H3,(H,8,9,10);1-5H;1H3;2H,1H3;2*1H/q+1;;;;;;;;;;/p-1. The van der Waals surface area contributed by atoms with Crippen molar-refractivity contribution in [3.63, 3.8) is 0 Å². The van der Waals surface area contributed by atoms with Crippen LogP contribution in [0.2, 0.25) is 5.02 Å². The molecule has 0 spiro atoms. The average molecular weight is 1750 g/mol. The summed E-state index contributed by atoms with van der Waals surface area (Å²) in [6.07, 6.45) is 0.824. The number of benzene rings is 9. The van der Waals surface area contributed by atoms with Gasteiger partial charge in [0, 0.05) is 98.2 Å². The minimum atomic E-state index is -4.02. The fourth-order valence-corrected chi connectivity index (χ4v) is 13.3. The highest BCUT2D eigenvalue weighted by molar-refractivity contribution is 9.11. The van der Waals surface area contributed by atoms with E-state index < -0.39 is 21.2 Å².